The summed E-state index contributed by atoms with van der Waals surface area (Å²) in [5, 5.41) is 22.1. The van der Waals surface area contributed by atoms with Crippen LogP contribution in [0.5, 0.6) is 0 Å². The van der Waals surface area contributed by atoms with Gasteiger partial charge in [0.1, 0.15) is 12.1 Å². The van der Waals surface area contributed by atoms with Gasteiger partial charge in [0, 0.05) is 6.04 Å². The topological polar surface area (TPSA) is 148 Å². The summed E-state index contributed by atoms with van der Waals surface area (Å²) in [7, 11) is 0. The predicted molar refractivity (Wildman–Crippen MR) is 136 cm³/mol. The van der Waals surface area contributed by atoms with E-state index in [1.165, 1.54) is 0 Å². The predicted octanol–water partition coefficient (Wildman–Crippen LogP) is 3.41. The molecule has 0 aromatic carbocycles. The summed E-state index contributed by atoms with van der Waals surface area (Å²) in [6.07, 6.45) is 11.7. The number of allylic oxidation sites excluding steroid dienone is 4. The van der Waals surface area contributed by atoms with Gasteiger partial charge < -0.3 is 19.6 Å². The Bertz CT molecular complexity index is 859. The molecule has 0 aromatic rings. The Morgan fingerprint density at radius 3 is 2.59 bits per heavy atom. The van der Waals surface area contributed by atoms with E-state index >= 15 is 0 Å². The molecular formula is C26H41N3O8. The number of carbonyl (C=O) groups is 3. The minimum atomic E-state index is -1.02. The molecule has 5 atom stereocenters. The van der Waals surface area contributed by atoms with Crippen molar-refractivity contribution in [2.75, 3.05) is 13.2 Å². The van der Waals surface area contributed by atoms with Crippen molar-refractivity contribution in [3.05, 3.63) is 33.9 Å². The van der Waals surface area contributed by atoms with Crippen molar-refractivity contribution < 1.29 is 34.2 Å². The first-order chi connectivity index (χ1) is 17.6. The SMILES string of the molecule is C/C=C\C=C(/C)CCC(NC(C)C(=O)N1C(C(=O)OCCCCO[N+](=O)[O-])CC2CCCCC21)C(=O)O. The van der Waals surface area contributed by atoms with Crippen molar-refractivity contribution in [1.82, 2.24) is 10.2 Å². The van der Waals surface area contributed by atoms with E-state index in [2.05, 4.69) is 10.2 Å². The molecule has 2 fully saturated rings. The number of nitrogens with zero attached hydrogens (tertiary/aromatic N) is 2. The molecule has 1 aliphatic carbocycles. The molecule has 1 aliphatic heterocycles. The number of carboxylic acid groups (broad SMARTS) is 1. The molecule has 11 nitrogen and oxygen atoms in total. The maximum absolute atomic E-state index is 13.6. The van der Waals surface area contributed by atoms with Crippen molar-refractivity contribution >= 4 is 17.8 Å². The van der Waals surface area contributed by atoms with Crippen molar-refractivity contribution in [3.8, 4) is 0 Å². The highest BCUT2D eigenvalue weighted by Crippen LogP contribution is 2.40. The second-order valence-electron chi connectivity index (χ2n) is 9.90. The van der Waals surface area contributed by atoms with Gasteiger partial charge in [-0.15, -0.1) is 10.1 Å². The maximum Gasteiger partial charge on any atom is 0.328 e. The molecule has 2 aliphatic rings. The first-order valence-electron chi connectivity index (χ1n) is 13.2. The van der Waals surface area contributed by atoms with Crippen LogP contribution in [0.3, 0.4) is 0 Å². The lowest BCUT2D eigenvalue weighted by atomic mass is 9.84. The fraction of sp³-hybridized carbons (Fsp3) is 0.731. The van der Waals surface area contributed by atoms with E-state index in [1.54, 1.807) is 11.8 Å². The van der Waals surface area contributed by atoms with Crippen LogP contribution in [0.25, 0.3) is 0 Å². The number of rotatable bonds is 15. The van der Waals surface area contributed by atoms with Gasteiger partial charge >= 0.3 is 11.9 Å². The summed E-state index contributed by atoms with van der Waals surface area (Å²) in [6.45, 7) is 5.51. The zero-order valence-electron chi connectivity index (χ0n) is 22.1. The number of fused-ring (bicyclic) bond motifs is 1. The van der Waals surface area contributed by atoms with Gasteiger partial charge in [0.15, 0.2) is 0 Å². The van der Waals surface area contributed by atoms with Crippen LogP contribution in [0.15, 0.2) is 23.8 Å². The monoisotopic (exact) mass is 523 g/mol. The van der Waals surface area contributed by atoms with Crippen LogP contribution in [0.2, 0.25) is 0 Å². The summed E-state index contributed by atoms with van der Waals surface area (Å²) < 4.78 is 5.43. The van der Waals surface area contributed by atoms with E-state index in [0.29, 0.717) is 32.1 Å². The third-order valence-electron chi connectivity index (χ3n) is 7.11. The number of likely N-dealkylation sites (tertiary alicyclic amines) is 1. The Morgan fingerprint density at radius 2 is 1.92 bits per heavy atom. The summed E-state index contributed by atoms with van der Waals surface area (Å²) in [4.78, 5) is 54.6. The fourth-order valence-electron chi connectivity index (χ4n) is 5.19. The fourth-order valence-corrected chi connectivity index (χ4v) is 5.19. The highest BCUT2D eigenvalue weighted by atomic mass is 16.9. The zero-order chi connectivity index (χ0) is 27.4. The van der Waals surface area contributed by atoms with E-state index in [9.17, 15) is 29.6 Å². The summed E-state index contributed by atoms with van der Waals surface area (Å²) >= 11 is 0. The number of hydrogen-bond donors (Lipinski definition) is 2. The molecule has 11 heteroatoms. The van der Waals surface area contributed by atoms with Gasteiger partial charge in [-0.2, -0.15) is 0 Å². The lowest BCUT2D eigenvalue weighted by molar-refractivity contribution is -0.757. The van der Waals surface area contributed by atoms with Crippen LogP contribution in [0, 0.1) is 16.0 Å². The number of carbonyl (C=O) groups excluding carboxylic acids is 2. The molecule has 0 aromatic heterocycles. The van der Waals surface area contributed by atoms with Gasteiger partial charge in [-0.3, -0.25) is 14.9 Å². The molecular weight excluding hydrogens is 482 g/mol. The Balaban J connectivity index is 2.02. The van der Waals surface area contributed by atoms with Crippen molar-refractivity contribution in [3.63, 3.8) is 0 Å². The average molecular weight is 524 g/mol. The third-order valence-corrected chi connectivity index (χ3v) is 7.11. The molecule has 5 unspecified atom stereocenters. The van der Waals surface area contributed by atoms with Crippen LogP contribution >= 0.6 is 0 Å². The number of nitrogens with one attached hydrogen (secondary N) is 1. The number of unbranched alkanes of at least 4 members (excludes halogenated alkanes) is 1. The van der Waals surface area contributed by atoms with Crippen molar-refractivity contribution in [2.45, 2.75) is 103 Å². The van der Waals surface area contributed by atoms with Crippen molar-refractivity contribution in [1.29, 1.82) is 0 Å². The van der Waals surface area contributed by atoms with Crippen LogP contribution in [-0.4, -0.2) is 70.3 Å². The van der Waals surface area contributed by atoms with Gasteiger partial charge in [-0.05, 0) is 71.6 Å². The van der Waals surface area contributed by atoms with E-state index in [0.717, 1.165) is 31.3 Å². The second-order valence-corrected chi connectivity index (χ2v) is 9.90. The molecule has 1 heterocycles. The second kappa shape index (κ2) is 15.3. The maximum atomic E-state index is 13.6. The van der Waals surface area contributed by atoms with Crippen LogP contribution in [0.1, 0.15) is 78.6 Å². The van der Waals surface area contributed by atoms with E-state index in [1.807, 2.05) is 32.1 Å². The number of hydrogen-bond acceptors (Lipinski definition) is 8. The largest absolute Gasteiger partial charge is 0.480 e. The molecule has 0 radical (unpaired) electrons. The minimum absolute atomic E-state index is 0.0640. The average Bonchev–Trinajstić information content (AvgIpc) is 3.25. The van der Waals surface area contributed by atoms with Gasteiger partial charge in [-0.1, -0.05) is 36.6 Å². The molecule has 37 heavy (non-hydrogen) atoms. The molecule has 0 spiro atoms. The van der Waals surface area contributed by atoms with E-state index < -0.39 is 35.2 Å². The summed E-state index contributed by atoms with van der Waals surface area (Å²) in [5.74, 6) is -1.58. The normalized spacial score (nSPS) is 23.4. The molecule has 1 saturated carbocycles. The molecule has 2 N–H and O–H groups in total. The van der Waals surface area contributed by atoms with E-state index in [4.69, 9.17) is 4.74 Å². The van der Waals surface area contributed by atoms with Crippen LogP contribution in [-0.2, 0) is 24.0 Å². The minimum Gasteiger partial charge on any atom is -0.480 e. The quantitative estimate of drug-likeness (QED) is 0.108. The Labute approximate surface area is 218 Å². The molecule has 0 bridgehead atoms. The van der Waals surface area contributed by atoms with Gasteiger partial charge in [-0.25, -0.2) is 4.79 Å². The molecule has 2 rings (SSSR count). The van der Waals surface area contributed by atoms with Gasteiger partial charge in [0.2, 0.25) is 5.91 Å². The highest BCUT2D eigenvalue weighted by Gasteiger charge is 2.49. The summed E-state index contributed by atoms with van der Waals surface area (Å²) in [5.41, 5.74) is 1.04. The number of amides is 1. The van der Waals surface area contributed by atoms with Crippen LogP contribution in [0.4, 0.5) is 0 Å². The summed E-state index contributed by atoms with van der Waals surface area (Å²) in [6, 6.07) is -2.46. The molecule has 1 amide bonds. The first kappa shape index (κ1) is 30.3. The number of ether oxygens (including phenoxy) is 1. The van der Waals surface area contributed by atoms with E-state index in [-0.39, 0.29) is 31.1 Å². The third kappa shape index (κ3) is 9.46. The smallest absolute Gasteiger partial charge is 0.328 e. The van der Waals surface area contributed by atoms with Crippen molar-refractivity contribution in [2.24, 2.45) is 5.92 Å². The van der Waals surface area contributed by atoms with Gasteiger partial charge in [0.25, 0.3) is 5.09 Å². The molecule has 208 valence electrons. The zero-order valence-corrected chi connectivity index (χ0v) is 22.1. The Morgan fingerprint density at radius 1 is 1.22 bits per heavy atom. The number of esters is 1. The number of aliphatic carboxylic acids is 1. The van der Waals surface area contributed by atoms with Crippen LogP contribution < -0.4 is 5.32 Å². The van der Waals surface area contributed by atoms with Gasteiger partial charge in [0.05, 0.1) is 19.3 Å². The Hall–Kier alpha value is -2.95. The molecule has 1 saturated heterocycles. The lowest BCUT2D eigenvalue weighted by Gasteiger charge is -2.35. The Kier molecular flexibility index (Phi) is 12.5. The highest BCUT2D eigenvalue weighted by molar-refractivity contribution is 5.89. The lowest BCUT2D eigenvalue weighted by Crippen LogP contribution is -2.55. The first-order valence-corrected chi connectivity index (χ1v) is 13.2. The standard InChI is InChI=1S/C26H41N3O8/c1-4-5-10-18(2)13-14-21(25(31)32)27-19(3)24(30)28-22-12-7-6-11-20(22)17-23(28)26(33)36-15-8-9-16-37-29(34)35/h4-5,10,19-23,27H,6-9,11-17H2,1-3H3,(H,31,32)/b5-4-,18-10+. The number of carboxylic acids is 1.